The lowest BCUT2D eigenvalue weighted by Crippen LogP contribution is -2.40. The SMILES string of the molecule is CC1CN(CC(F)(F)CO)S(=O)(=O)C1. The Morgan fingerprint density at radius 3 is 2.50 bits per heavy atom. The molecule has 1 unspecified atom stereocenters. The van der Waals surface area contributed by atoms with Gasteiger partial charge in [0.15, 0.2) is 0 Å². The van der Waals surface area contributed by atoms with E-state index in [2.05, 4.69) is 0 Å². The zero-order valence-electron chi connectivity index (χ0n) is 7.78. The Morgan fingerprint density at radius 2 is 2.14 bits per heavy atom. The predicted molar refractivity (Wildman–Crippen MR) is 46.6 cm³/mol. The standard InChI is InChI=1S/C7H13F2NO3S/c1-6-2-10(14(12,13)3-6)4-7(8,9)5-11/h6,11H,2-5H2,1H3. The van der Waals surface area contributed by atoms with Crippen LogP contribution in [0, 0.1) is 5.92 Å². The minimum absolute atomic E-state index is 0.0888. The molecule has 1 rings (SSSR count). The lowest BCUT2D eigenvalue weighted by Gasteiger charge is -2.20. The van der Waals surface area contributed by atoms with Crippen LogP contribution in [-0.4, -0.2) is 49.2 Å². The molecule has 14 heavy (non-hydrogen) atoms. The largest absolute Gasteiger partial charge is 0.390 e. The molecule has 0 aromatic carbocycles. The van der Waals surface area contributed by atoms with Gasteiger partial charge in [-0.25, -0.2) is 17.2 Å². The van der Waals surface area contributed by atoms with Crippen molar-refractivity contribution in [2.45, 2.75) is 12.8 Å². The number of rotatable bonds is 3. The fourth-order valence-corrected chi connectivity index (χ4v) is 3.35. The maximum atomic E-state index is 12.7. The summed E-state index contributed by atoms with van der Waals surface area (Å²) in [7, 11) is -3.54. The third-order valence-corrected chi connectivity index (χ3v) is 4.10. The van der Waals surface area contributed by atoms with Gasteiger partial charge < -0.3 is 5.11 Å². The van der Waals surface area contributed by atoms with Crippen LogP contribution < -0.4 is 0 Å². The van der Waals surface area contributed by atoms with E-state index in [1.807, 2.05) is 0 Å². The van der Waals surface area contributed by atoms with E-state index in [0.29, 0.717) is 0 Å². The quantitative estimate of drug-likeness (QED) is 0.735. The summed E-state index contributed by atoms with van der Waals surface area (Å²) in [5, 5.41) is 8.32. The molecule has 0 radical (unpaired) electrons. The average molecular weight is 229 g/mol. The molecule has 1 saturated heterocycles. The molecule has 0 spiro atoms. The average Bonchev–Trinajstić information content (AvgIpc) is 2.24. The van der Waals surface area contributed by atoms with Crippen LogP contribution in [0.3, 0.4) is 0 Å². The van der Waals surface area contributed by atoms with Crippen LogP contribution in [-0.2, 0) is 10.0 Å². The molecule has 0 aromatic heterocycles. The molecule has 0 saturated carbocycles. The highest BCUT2D eigenvalue weighted by atomic mass is 32.2. The number of sulfonamides is 1. The second-order valence-corrected chi connectivity index (χ2v) is 5.70. The Morgan fingerprint density at radius 1 is 1.57 bits per heavy atom. The first-order chi connectivity index (χ1) is 6.27. The minimum atomic E-state index is -3.54. The van der Waals surface area contributed by atoms with Crippen LogP contribution >= 0.6 is 0 Å². The van der Waals surface area contributed by atoms with Gasteiger partial charge in [0, 0.05) is 6.54 Å². The zero-order chi connectivity index (χ0) is 11.0. The molecule has 0 bridgehead atoms. The number of nitrogens with zero attached hydrogens (tertiary/aromatic N) is 1. The fourth-order valence-electron chi connectivity index (χ4n) is 1.45. The molecule has 1 N–H and O–H groups in total. The summed E-state index contributed by atoms with van der Waals surface area (Å²) in [5.41, 5.74) is 0. The van der Waals surface area contributed by atoms with Crippen molar-refractivity contribution < 1.29 is 22.3 Å². The normalized spacial score (nSPS) is 28.1. The van der Waals surface area contributed by atoms with Gasteiger partial charge in [0.25, 0.3) is 5.92 Å². The van der Waals surface area contributed by atoms with Crippen molar-refractivity contribution >= 4 is 10.0 Å². The third kappa shape index (κ3) is 2.61. The van der Waals surface area contributed by atoms with Crippen molar-refractivity contribution in [3.63, 3.8) is 0 Å². The highest BCUT2D eigenvalue weighted by Crippen LogP contribution is 2.23. The molecule has 1 heterocycles. The molecule has 1 atom stereocenters. The fraction of sp³-hybridized carbons (Fsp3) is 1.00. The molecular weight excluding hydrogens is 216 g/mol. The van der Waals surface area contributed by atoms with Gasteiger partial charge in [-0.2, -0.15) is 4.31 Å². The molecule has 1 fully saturated rings. The summed E-state index contributed by atoms with van der Waals surface area (Å²) >= 11 is 0. The lowest BCUT2D eigenvalue weighted by molar-refractivity contribution is -0.0600. The van der Waals surface area contributed by atoms with E-state index in [-0.39, 0.29) is 18.2 Å². The van der Waals surface area contributed by atoms with Gasteiger partial charge >= 0.3 is 0 Å². The van der Waals surface area contributed by atoms with Gasteiger partial charge in [-0.3, -0.25) is 0 Å². The smallest absolute Gasteiger partial charge is 0.284 e. The monoisotopic (exact) mass is 229 g/mol. The van der Waals surface area contributed by atoms with Crippen LogP contribution in [0.2, 0.25) is 0 Å². The van der Waals surface area contributed by atoms with Gasteiger partial charge in [0.05, 0.1) is 12.3 Å². The van der Waals surface area contributed by atoms with Crippen molar-refractivity contribution in [2.24, 2.45) is 5.92 Å². The Bertz CT molecular complexity index is 304. The molecule has 1 aliphatic heterocycles. The zero-order valence-corrected chi connectivity index (χ0v) is 8.60. The predicted octanol–water partition coefficient (Wildman–Crippen LogP) is -0.104. The van der Waals surface area contributed by atoms with E-state index >= 15 is 0 Å². The van der Waals surface area contributed by atoms with Crippen molar-refractivity contribution in [1.82, 2.24) is 4.31 Å². The maximum Gasteiger partial charge on any atom is 0.284 e. The summed E-state index contributed by atoms with van der Waals surface area (Å²) < 4.78 is 48.7. The highest BCUT2D eigenvalue weighted by Gasteiger charge is 2.40. The van der Waals surface area contributed by atoms with Crippen LogP contribution in [0.15, 0.2) is 0 Å². The summed E-state index contributed by atoms with van der Waals surface area (Å²) in [6.07, 6.45) is 0. The van der Waals surface area contributed by atoms with Gasteiger partial charge in [-0.15, -0.1) is 0 Å². The van der Waals surface area contributed by atoms with Crippen molar-refractivity contribution in [3.8, 4) is 0 Å². The lowest BCUT2D eigenvalue weighted by atomic mass is 10.2. The van der Waals surface area contributed by atoms with E-state index in [1.165, 1.54) is 0 Å². The number of alkyl halides is 2. The van der Waals surface area contributed by atoms with Gasteiger partial charge in [-0.1, -0.05) is 6.92 Å². The van der Waals surface area contributed by atoms with Crippen LogP contribution in [0.1, 0.15) is 6.92 Å². The summed E-state index contributed by atoms with van der Waals surface area (Å²) in [5.74, 6) is -3.57. The van der Waals surface area contributed by atoms with Crippen LogP contribution in [0.4, 0.5) is 8.78 Å². The molecule has 7 heteroatoms. The Hall–Kier alpha value is -0.270. The molecule has 0 aromatic rings. The van der Waals surface area contributed by atoms with E-state index in [1.54, 1.807) is 6.92 Å². The third-order valence-electron chi connectivity index (χ3n) is 2.04. The Kier molecular flexibility index (Phi) is 3.13. The summed E-state index contributed by atoms with van der Waals surface area (Å²) in [6.45, 7) is -0.448. The molecule has 1 aliphatic rings. The van der Waals surface area contributed by atoms with E-state index in [0.717, 1.165) is 4.31 Å². The van der Waals surface area contributed by atoms with Crippen molar-refractivity contribution in [3.05, 3.63) is 0 Å². The van der Waals surface area contributed by atoms with E-state index in [4.69, 9.17) is 5.11 Å². The molecule has 0 amide bonds. The highest BCUT2D eigenvalue weighted by molar-refractivity contribution is 7.89. The first-order valence-electron chi connectivity index (χ1n) is 4.23. The Balaban J connectivity index is 2.71. The number of halogens is 2. The second kappa shape index (κ2) is 3.71. The first-order valence-corrected chi connectivity index (χ1v) is 5.84. The van der Waals surface area contributed by atoms with Crippen molar-refractivity contribution in [1.29, 1.82) is 0 Å². The maximum absolute atomic E-state index is 12.7. The van der Waals surface area contributed by atoms with E-state index in [9.17, 15) is 17.2 Å². The summed E-state index contributed by atoms with van der Waals surface area (Å²) in [4.78, 5) is 0. The van der Waals surface area contributed by atoms with Gasteiger partial charge in [-0.05, 0) is 5.92 Å². The number of aliphatic hydroxyl groups excluding tert-OH is 1. The number of hydrogen-bond acceptors (Lipinski definition) is 3. The second-order valence-electron chi connectivity index (χ2n) is 3.69. The summed E-state index contributed by atoms with van der Waals surface area (Å²) in [6, 6.07) is 0. The Labute approximate surface area is 81.6 Å². The van der Waals surface area contributed by atoms with Crippen molar-refractivity contribution in [2.75, 3.05) is 25.4 Å². The molecule has 84 valence electrons. The topological polar surface area (TPSA) is 57.6 Å². The van der Waals surface area contributed by atoms with Gasteiger partial charge in [0.1, 0.15) is 6.61 Å². The molecule has 4 nitrogen and oxygen atoms in total. The first kappa shape index (κ1) is 11.8. The van der Waals surface area contributed by atoms with Crippen LogP contribution in [0.5, 0.6) is 0 Å². The minimum Gasteiger partial charge on any atom is -0.390 e. The van der Waals surface area contributed by atoms with Crippen LogP contribution in [0.25, 0.3) is 0 Å². The molecular formula is C7H13F2NO3S. The molecule has 0 aliphatic carbocycles. The van der Waals surface area contributed by atoms with E-state index < -0.39 is 29.1 Å². The number of hydrogen-bond donors (Lipinski definition) is 1. The van der Waals surface area contributed by atoms with Gasteiger partial charge in [0.2, 0.25) is 10.0 Å². The number of aliphatic hydroxyl groups is 1.